The third-order valence-corrected chi connectivity index (χ3v) is 4.01. The predicted octanol–water partition coefficient (Wildman–Crippen LogP) is 4.66. The molecule has 0 fully saturated rings. The van der Waals surface area contributed by atoms with E-state index in [2.05, 4.69) is 26.5 Å². The number of halogens is 2. The number of benzene rings is 2. The summed E-state index contributed by atoms with van der Waals surface area (Å²) in [6.45, 7) is 4.86. The van der Waals surface area contributed by atoms with Crippen LogP contribution in [0.25, 0.3) is 0 Å². The van der Waals surface area contributed by atoms with Crippen molar-refractivity contribution in [3.63, 3.8) is 0 Å². The summed E-state index contributed by atoms with van der Waals surface area (Å²) in [6.07, 6.45) is 1.53. The molecule has 1 amide bonds. The van der Waals surface area contributed by atoms with Crippen LogP contribution in [0.4, 0.5) is 0 Å². The summed E-state index contributed by atoms with van der Waals surface area (Å²) in [5.74, 6) is 0.989. The van der Waals surface area contributed by atoms with E-state index >= 15 is 0 Å². The van der Waals surface area contributed by atoms with E-state index in [0.717, 1.165) is 4.47 Å². The summed E-state index contributed by atoms with van der Waals surface area (Å²) in [6, 6.07) is 10.2. The van der Waals surface area contributed by atoms with Crippen molar-refractivity contribution in [3.05, 3.63) is 57.0 Å². The number of ether oxygens (including phenoxy) is 2. The predicted molar refractivity (Wildman–Crippen MR) is 103 cm³/mol. The van der Waals surface area contributed by atoms with Gasteiger partial charge in [-0.2, -0.15) is 5.10 Å². The highest BCUT2D eigenvalue weighted by Crippen LogP contribution is 2.32. The first kappa shape index (κ1) is 19.3. The molecule has 132 valence electrons. The Balaban J connectivity index is 2.14. The van der Waals surface area contributed by atoms with Gasteiger partial charge in [-0.25, -0.2) is 5.43 Å². The largest absolute Gasteiger partial charge is 0.493 e. The van der Waals surface area contributed by atoms with Crippen molar-refractivity contribution in [2.75, 3.05) is 13.2 Å². The summed E-state index contributed by atoms with van der Waals surface area (Å²) in [5.41, 5.74) is 3.67. The van der Waals surface area contributed by atoms with Crippen LogP contribution in [0.1, 0.15) is 29.8 Å². The maximum Gasteiger partial charge on any atom is 0.271 e. The highest BCUT2D eigenvalue weighted by molar-refractivity contribution is 9.10. The molecule has 0 bridgehead atoms. The SMILES string of the molecule is CCOc1cc(OCC)c(/C=N\NC(=O)c2ccc(Cl)cc2)cc1Br. The van der Waals surface area contributed by atoms with E-state index in [1.54, 1.807) is 30.3 Å². The van der Waals surface area contributed by atoms with Gasteiger partial charge < -0.3 is 9.47 Å². The van der Waals surface area contributed by atoms with Crippen LogP contribution in [0.5, 0.6) is 11.5 Å². The van der Waals surface area contributed by atoms with Gasteiger partial charge >= 0.3 is 0 Å². The molecule has 0 aliphatic carbocycles. The van der Waals surface area contributed by atoms with E-state index in [-0.39, 0.29) is 5.91 Å². The fourth-order valence-electron chi connectivity index (χ4n) is 2.02. The zero-order valence-electron chi connectivity index (χ0n) is 13.9. The molecular formula is C18H18BrClN2O3. The van der Waals surface area contributed by atoms with Gasteiger partial charge in [0.2, 0.25) is 0 Å². The van der Waals surface area contributed by atoms with Crippen molar-refractivity contribution in [3.8, 4) is 11.5 Å². The van der Waals surface area contributed by atoms with Crippen molar-refractivity contribution >= 4 is 39.7 Å². The van der Waals surface area contributed by atoms with Gasteiger partial charge in [0.1, 0.15) is 11.5 Å². The molecule has 0 saturated carbocycles. The fraction of sp³-hybridized carbons (Fsp3) is 0.222. The van der Waals surface area contributed by atoms with Crippen molar-refractivity contribution < 1.29 is 14.3 Å². The second-order valence-electron chi connectivity index (χ2n) is 4.89. The average molecular weight is 426 g/mol. The Kier molecular flexibility index (Phi) is 7.28. The molecule has 7 heteroatoms. The monoisotopic (exact) mass is 424 g/mol. The van der Waals surface area contributed by atoms with Gasteiger partial charge in [-0.05, 0) is 60.1 Å². The number of carbonyl (C=O) groups excluding carboxylic acids is 1. The Morgan fingerprint density at radius 2 is 1.80 bits per heavy atom. The number of nitrogens with zero attached hydrogens (tertiary/aromatic N) is 1. The number of amides is 1. The topological polar surface area (TPSA) is 59.9 Å². The van der Waals surface area contributed by atoms with Crippen LogP contribution >= 0.6 is 27.5 Å². The van der Waals surface area contributed by atoms with Crippen LogP contribution in [-0.2, 0) is 0 Å². The number of hydrogen-bond donors (Lipinski definition) is 1. The van der Waals surface area contributed by atoms with Crippen molar-refractivity contribution in [2.45, 2.75) is 13.8 Å². The maximum atomic E-state index is 12.0. The molecule has 0 aliphatic rings. The van der Waals surface area contributed by atoms with Gasteiger partial charge in [-0.1, -0.05) is 11.6 Å². The zero-order chi connectivity index (χ0) is 18.2. The molecule has 0 aromatic heterocycles. The van der Waals surface area contributed by atoms with E-state index in [0.29, 0.717) is 40.9 Å². The first-order valence-electron chi connectivity index (χ1n) is 7.73. The quantitative estimate of drug-likeness (QED) is 0.518. The normalized spacial score (nSPS) is 10.7. The van der Waals surface area contributed by atoms with E-state index in [4.69, 9.17) is 21.1 Å². The van der Waals surface area contributed by atoms with Crippen LogP contribution in [-0.4, -0.2) is 25.3 Å². The first-order valence-corrected chi connectivity index (χ1v) is 8.90. The molecule has 0 radical (unpaired) electrons. The Hall–Kier alpha value is -2.05. The maximum absolute atomic E-state index is 12.0. The molecule has 0 aliphatic heterocycles. The number of carbonyl (C=O) groups is 1. The summed E-state index contributed by atoms with van der Waals surface area (Å²) in [5, 5.41) is 4.57. The Labute approximate surface area is 160 Å². The fourth-order valence-corrected chi connectivity index (χ4v) is 2.63. The van der Waals surface area contributed by atoms with Gasteiger partial charge in [0, 0.05) is 22.2 Å². The van der Waals surface area contributed by atoms with Crippen LogP contribution in [0.2, 0.25) is 5.02 Å². The summed E-state index contributed by atoms with van der Waals surface area (Å²) < 4.78 is 11.9. The minimum atomic E-state index is -0.323. The molecule has 25 heavy (non-hydrogen) atoms. The molecule has 2 aromatic carbocycles. The second-order valence-corrected chi connectivity index (χ2v) is 6.18. The Morgan fingerprint density at radius 3 is 2.44 bits per heavy atom. The molecule has 0 heterocycles. The summed E-state index contributed by atoms with van der Waals surface area (Å²) >= 11 is 9.26. The summed E-state index contributed by atoms with van der Waals surface area (Å²) in [4.78, 5) is 12.0. The molecule has 0 unspecified atom stereocenters. The molecule has 0 atom stereocenters. The molecule has 0 spiro atoms. The first-order chi connectivity index (χ1) is 12.0. The number of hydrogen-bond acceptors (Lipinski definition) is 4. The van der Waals surface area contributed by atoms with Crippen molar-refractivity contribution in [1.29, 1.82) is 0 Å². The van der Waals surface area contributed by atoms with Crippen LogP contribution in [0.15, 0.2) is 46.0 Å². The van der Waals surface area contributed by atoms with E-state index in [1.807, 2.05) is 19.9 Å². The van der Waals surface area contributed by atoms with Gasteiger partial charge in [-0.15, -0.1) is 0 Å². The van der Waals surface area contributed by atoms with Crippen molar-refractivity contribution in [2.24, 2.45) is 5.10 Å². The van der Waals surface area contributed by atoms with Gasteiger partial charge in [0.05, 0.1) is 23.9 Å². The standard InChI is InChI=1S/C18H18BrClN2O3/c1-3-24-16-10-17(25-4-2)15(19)9-13(16)11-21-22-18(23)12-5-7-14(20)8-6-12/h5-11H,3-4H2,1-2H3,(H,22,23)/b21-11-. The lowest BCUT2D eigenvalue weighted by Crippen LogP contribution is -2.17. The number of rotatable bonds is 7. The minimum absolute atomic E-state index is 0.323. The highest BCUT2D eigenvalue weighted by Gasteiger charge is 2.10. The third kappa shape index (κ3) is 5.47. The molecule has 2 rings (SSSR count). The summed E-state index contributed by atoms with van der Waals surface area (Å²) in [7, 11) is 0. The highest BCUT2D eigenvalue weighted by atomic mass is 79.9. The average Bonchev–Trinajstić information content (AvgIpc) is 2.59. The lowest BCUT2D eigenvalue weighted by molar-refractivity contribution is 0.0955. The third-order valence-electron chi connectivity index (χ3n) is 3.14. The van der Waals surface area contributed by atoms with Gasteiger partial charge in [-0.3, -0.25) is 4.79 Å². The Bertz CT molecular complexity index is 764. The number of hydrazone groups is 1. The van der Waals surface area contributed by atoms with Crippen LogP contribution in [0, 0.1) is 0 Å². The molecular weight excluding hydrogens is 408 g/mol. The van der Waals surface area contributed by atoms with Crippen LogP contribution in [0.3, 0.4) is 0 Å². The number of nitrogens with one attached hydrogen (secondary N) is 1. The smallest absolute Gasteiger partial charge is 0.271 e. The second kappa shape index (κ2) is 9.44. The lowest BCUT2D eigenvalue weighted by Gasteiger charge is -2.12. The van der Waals surface area contributed by atoms with Gasteiger partial charge in [0.25, 0.3) is 5.91 Å². The van der Waals surface area contributed by atoms with Crippen LogP contribution < -0.4 is 14.9 Å². The molecule has 2 aromatic rings. The van der Waals surface area contributed by atoms with E-state index in [9.17, 15) is 4.79 Å². The van der Waals surface area contributed by atoms with Gasteiger partial charge in [0.15, 0.2) is 0 Å². The zero-order valence-corrected chi connectivity index (χ0v) is 16.2. The minimum Gasteiger partial charge on any atom is -0.493 e. The van der Waals surface area contributed by atoms with Crippen molar-refractivity contribution in [1.82, 2.24) is 5.43 Å². The lowest BCUT2D eigenvalue weighted by atomic mass is 10.2. The Morgan fingerprint density at radius 1 is 1.16 bits per heavy atom. The van der Waals surface area contributed by atoms with E-state index < -0.39 is 0 Å². The molecule has 5 nitrogen and oxygen atoms in total. The molecule has 1 N–H and O–H groups in total. The molecule has 0 saturated heterocycles. The van der Waals surface area contributed by atoms with E-state index in [1.165, 1.54) is 6.21 Å².